The lowest BCUT2D eigenvalue weighted by Crippen LogP contribution is -2.23. The number of nitrogens with one attached hydrogen (secondary N) is 1. The molecule has 3 heteroatoms. The highest BCUT2D eigenvalue weighted by Crippen LogP contribution is 2.12. The average Bonchev–Trinajstić information content (AvgIpc) is 2.47. The lowest BCUT2D eigenvalue weighted by molar-refractivity contribution is 0.0950. The van der Waals surface area contributed by atoms with Gasteiger partial charge in [0.2, 0.25) is 0 Å². The second kappa shape index (κ2) is 6.75. The highest BCUT2D eigenvalue weighted by Gasteiger charge is 2.07. The van der Waals surface area contributed by atoms with Gasteiger partial charge in [0.25, 0.3) is 5.91 Å². The second-order valence-corrected chi connectivity index (χ2v) is 4.57. The van der Waals surface area contributed by atoms with E-state index in [1.807, 2.05) is 62.4 Å². The number of aryl methyl sites for hydroxylation is 1. The van der Waals surface area contributed by atoms with E-state index in [4.69, 9.17) is 4.74 Å². The van der Waals surface area contributed by atoms with Gasteiger partial charge >= 0.3 is 0 Å². The third-order valence-corrected chi connectivity index (χ3v) is 3.08. The van der Waals surface area contributed by atoms with Gasteiger partial charge in [-0.2, -0.15) is 0 Å². The Hall–Kier alpha value is -2.29. The highest BCUT2D eigenvalue weighted by atomic mass is 16.5. The molecule has 104 valence electrons. The van der Waals surface area contributed by atoms with E-state index in [1.54, 1.807) is 0 Å². The molecule has 0 bridgehead atoms. The van der Waals surface area contributed by atoms with E-state index in [-0.39, 0.29) is 5.91 Å². The van der Waals surface area contributed by atoms with Crippen molar-refractivity contribution in [1.29, 1.82) is 0 Å². The molecule has 0 spiro atoms. The molecule has 20 heavy (non-hydrogen) atoms. The molecule has 0 fully saturated rings. The molecular formula is C17H19NO2. The molecule has 0 saturated carbocycles. The fourth-order valence-electron chi connectivity index (χ4n) is 1.98. The molecule has 0 saturated heterocycles. The minimum Gasteiger partial charge on any atom is -0.494 e. The Morgan fingerprint density at radius 1 is 1.10 bits per heavy atom. The van der Waals surface area contributed by atoms with E-state index in [9.17, 15) is 4.79 Å². The third-order valence-electron chi connectivity index (χ3n) is 3.08. The summed E-state index contributed by atoms with van der Waals surface area (Å²) in [5.41, 5.74) is 2.76. The zero-order chi connectivity index (χ0) is 14.4. The summed E-state index contributed by atoms with van der Waals surface area (Å²) in [7, 11) is 0. The zero-order valence-corrected chi connectivity index (χ0v) is 11.8. The molecule has 0 aliphatic rings. The van der Waals surface area contributed by atoms with Gasteiger partial charge in [0, 0.05) is 12.1 Å². The number of amides is 1. The number of hydrogen-bond acceptors (Lipinski definition) is 2. The molecule has 0 radical (unpaired) electrons. The Morgan fingerprint density at radius 2 is 1.80 bits per heavy atom. The smallest absolute Gasteiger partial charge is 0.251 e. The first-order valence-electron chi connectivity index (χ1n) is 6.76. The Labute approximate surface area is 119 Å². The molecule has 0 atom stereocenters. The van der Waals surface area contributed by atoms with Crippen LogP contribution in [0.25, 0.3) is 0 Å². The number of rotatable bonds is 5. The van der Waals surface area contributed by atoms with E-state index in [2.05, 4.69) is 5.32 Å². The Kier molecular flexibility index (Phi) is 4.77. The maximum Gasteiger partial charge on any atom is 0.251 e. The van der Waals surface area contributed by atoms with E-state index in [1.165, 1.54) is 0 Å². The quantitative estimate of drug-likeness (QED) is 0.904. The first-order chi connectivity index (χ1) is 9.70. The molecule has 0 heterocycles. The SMILES string of the molecule is CCOc1ccc(CNC(=O)c2ccccc2C)cc1. The summed E-state index contributed by atoms with van der Waals surface area (Å²) in [6.07, 6.45) is 0. The summed E-state index contributed by atoms with van der Waals surface area (Å²) in [5.74, 6) is 0.804. The standard InChI is InChI=1S/C17H19NO2/c1-3-20-15-10-8-14(9-11-15)12-18-17(19)16-7-5-4-6-13(16)2/h4-11H,3,12H2,1-2H3,(H,18,19). The average molecular weight is 269 g/mol. The third kappa shape index (κ3) is 3.60. The van der Waals surface area contributed by atoms with Crippen molar-refractivity contribution in [2.45, 2.75) is 20.4 Å². The lowest BCUT2D eigenvalue weighted by atomic mass is 10.1. The van der Waals surface area contributed by atoms with Gasteiger partial charge in [0.15, 0.2) is 0 Å². The largest absolute Gasteiger partial charge is 0.494 e. The van der Waals surface area contributed by atoms with Gasteiger partial charge in [-0.15, -0.1) is 0 Å². The van der Waals surface area contributed by atoms with Crippen LogP contribution >= 0.6 is 0 Å². The van der Waals surface area contributed by atoms with E-state index in [0.717, 1.165) is 22.4 Å². The molecule has 0 aliphatic heterocycles. The monoisotopic (exact) mass is 269 g/mol. The minimum atomic E-state index is -0.0445. The number of carbonyl (C=O) groups is 1. The van der Waals surface area contributed by atoms with Crippen LogP contribution in [0, 0.1) is 6.92 Å². The molecule has 2 aromatic rings. The van der Waals surface area contributed by atoms with Crippen molar-refractivity contribution in [2.24, 2.45) is 0 Å². The van der Waals surface area contributed by atoms with Crippen molar-refractivity contribution in [2.75, 3.05) is 6.61 Å². The van der Waals surface area contributed by atoms with E-state index >= 15 is 0 Å². The molecule has 1 amide bonds. The lowest BCUT2D eigenvalue weighted by Gasteiger charge is -2.08. The molecule has 3 nitrogen and oxygen atoms in total. The van der Waals surface area contributed by atoms with Gasteiger partial charge in [0.1, 0.15) is 5.75 Å². The second-order valence-electron chi connectivity index (χ2n) is 4.57. The van der Waals surface area contributed by atoms with Gasteiger partial charge in [-0.05, 0) is 43.2 Å². The van der Waals surface area contributed by atoms with Crippen LogP contribution in [0.5, 0.6) is 5.75 Å². The first kappa shape index (κ1) is 14.1. The molecule has 0 unspecified atom stereocenters. The van der Waals surface area contributed by atoms with Crippen LogP contribution in [-0.4, -0.2) is 12.5 Å². The van der Waals surface area contributed by atoms with E-state index in [0.29, 0.717) is 13.2 Å². The minimum absolute atomic E-state index is 0.0445. The summed E-state index contributed by atoms with van der Waals surface area (Å²) in [5, 5.41) is 2.93. The van der Waals surface area contributed by atoms with Crippen molar-refractivity contribution in [3.63, 3.8) is 0 Å². The van der Waals surface area contributed by atoms with Crippen molar-refractivity contribution in [3.8, 4) is 5.75 Å². The predicted molar refractivity (Wildman–Crippen MR) is 80.0 cm³/mol. The summed E-state index contributed by atoms with van der Waals surface area (Å²) >= 11 is 0. The van der Waals surface area contributed by atoms with Crippen LogP contribution in [0.1, 0.15) is 28.4 Å². The Bertz CT molecular complexity index is 576. The maximum absolute atomic E-state index is 12.1. The fraction of sp³-hybridized carbons (Fsp3) is 0.235. The number of ether oxygens (including phenoxy) is 1. The molecule has 2 aromatic carbocycles. The Morgan fingerprint density at radius 3 is 2.45 bits per heavy atom. The van der Waals surface area contributed by atoms with Crippen LogP contribution in [0.2, 0.25) is 0 Å². The summed E-state index contributed by atoms with van der Waals surface area (Å²) < 4.78 is 5.38. The predicted octanol–water partition coefficient (Wildman–Crippen LogP) is 3.32. The van der Waals surface area contributed by atoms with E-state index < -0.39 is 0 Å². The molecule has 2 rings (SSSR count). The summed E-state index contributed by atoms with van der Waals surface area (Å²) in [4.78, 5) is 12.1. The summed E-state index contributed by atoms with van der Waals surface area (Å²) in [6.45, 7) is 5.06. The van der Waals surface area contributed by atoms with Crippen LogP contribution in [0.15, 0.2) is 48.5 Å². The first-order valence-corrected chi connectivity index (χ1v) is 6.76. The van der Waals surface area contributed by atoms with Gasteiger partial charge in [-0.3, -0.25) is 4.79 Å². The van der Waals surface area contributed by atoms with Crippen LogP contribution in [0.4, 0.5) is 0 Å². The normalized spacial score (nSPS) is 10.1. The maximum atomic E-state index is 12.1. The zero-order valence-electron chi connectivity index (χ0n) is 11.8. The number of carbonyl (C=O) groups excluding carboxylic acids is 1. The number of benzene rings is 2. The van der Waals surface area contributed by atoms with Gasteiger partial charge in [-0.25, -0.2) is 0 Å². The van der Waals surface area contributed by atoms with Gasteiger partial charge in [0.05, 0.1) is 6.61 Å². The fourth-order valence-corrected chi connectivity index (χ4v) is 1.98. The van der Waals surface area contributed by atoms with Gasteiger partial charge in [-0.1, -0.05) is 30.3 Å². The van der Waals surface area contributed by atoms with Crippen molar-refractivity contribution in [1.82, 2.24) is 5.32 Å². The molecule has 0 aromatic heterocycles. The topological polar surface area (TPSA) is 38.3 Å². The molecular weight excluding hydrogens is 250 g/mol. The van der Waals surface area contributed by atoms with Crippen molar-refractivity contribution >= 4 is 5.91 Å². The Balaban J connectivity index is 1.95. The highest BCUT2D eigenvalue weighted by molar-refractivity contribution is 5.95. The van der Waals surface area contributed by atoms with Crippen molar-refractivity contribution in [3.05, 3.63) is 65.2 Å². The van der Waals surface area contributed by atoms with Crippen LogP contribution < -0.4 is 10.1 Å². The van der Waals surface area contributed by atoms with Crippen LogP contribution in [0.3, 0.4) is 0 Å². The summed E-state index contributed by atoms with van der Waals surface area (Å²) in [6, 6.07) is 15.3. The molecule has 0 aliphatic carbocycles. The van der Waals surface area contributed by atoms with Gasteiger partial charge < -0.3 is 10.1 Å². The van der Waals surface area contributed by atoms with Crippen molar-refractivity contribution < 1.29 is 9.53 Å². The molecule has 1 N–H and O–H groups in total. The number of hydrogen-bond donors (Lipinski definition) is 1. The van der Waals surface area contributed by atoms with Crippen LogP contribution in [-0.2, 0) is 6.54 Å².